The maximum atomic E-state index is 13.7. The third-order valence-electron chi connectivity index (χ3n) is 3.08. The van der Waals surface area contributed by atoms with Crippen LogP contribution in [0, 0.1) is 12.7 Å². The van der Waals surface area contributed by atoms with Gasteiger partial charge in [0.25, 0.3) is 0 Å². The largest absolute Gasteiger partial charge is 0.255 e. The van der Waals surface area contributed by atoms with E-state index in [9.17, 15) is 4.39 Å². The first-order valence-electron chi connectivity index (χ1n) is 6.58. The van der Waals surface area contributed by atoms with Crippen molar-refractivity contribution < 1.29 is 4.39 Å². The summed E-state index contributed by atoms with van der Waals surface area (Å²) >= 11 is 1.52. The van der Waals surface area contributed by atoms with E-state index in [4.69, 9.17) is 0 Å². The van der Waals surface area contributed by atoms with Crippen LogP contribution in [0.4, 0.5) is 10.1 Å². The van der Waals surface area contributed by atoms with Gasteiger partial charge in [-0.25, -0.2) is 9.38 Å². The number of nitrogens with zero attached hydrogens (tertiary/aromatic N) is 2. The minimum atomic E-state index is -0.252. The minimum Gasteiger partial charge on any atom is -0.255 e. The molecule has 2 aromatic rings. The van der Waals surface area contributed by atoms with Crippen molar-refractivity contribution in [2.24, 2.45) is 10.1 Å². The summed E-state index contributed by atoms with van der Waals surface area (Å²) in [5.41, 5.74) is 6.19. The molecular weight excluding hydrogens is 285 g/mol. The van der Waals surface area contributed by atoms with Gasteiger partial charge in [0.15, 0.2) is 5.17 Å². The number of thioether (sulfide) groups is 1. The molecule has 1 heterocycles. The number of hydrazone groups is 1. The first-order chi connectivity index (χ1) is 10.2. The number of nitrogens with one attached hydrogen (secondary N) is 1. The fourth-order valence-corrected chi connectivity index (χ4v) is 2.72. The Kier molecular flexibility index (Phi) is 4.01. The third kappa shape index (κ3) is 3.31. The van der Waals surface area contributed by atoms with Crippen LogP contribution in [-0.4, -0.2) is 16.6 Å². The molecule has 1 aliphatic heterocycles. The second-order valence-corrected chi connectivity index (χ2v) is 5.66. The monoisotopic (exact) mass is 299 g/mol. The fourth-order valence-electron chi connectivity index (χ4n) is 1.94. The summed E-state index contributed by atoms with van der Waals surface area (Å²) in [6.45, 7) is 2.04. The highest BCUT2D eigenvalue weighted by atomic mass is 32.2. The van der Waals surface area contributed by atoms with Gasteiger partial charge in [-0.2, -0.15) is 5.10 Å². The van der Waals surface area contributed by atoms with Crippen LogP contribution in [0.5, 0.6) is 0 Å². The Hall–Kier alpha value is -2.14. The second-order valence-electron chi connectivity index (χ2n) is 4.69. The average molecular weight is 299 g/mol. The number of halogens is 1. The Bertz CT molecular complexity index is 708. The van der Waals surface area contributed by atoms with Crippen LogP contribution in [-0.2, 0) is 0 Å². The normalized spacial score (nSPS) is 16.5. The van der Waals surface area contributed by atoms with Crippen molar-refractivity contribution in [2.45, 2.75) is 6.92 Å². The van der Waals surface area contributed by atoms with Gasteiger partial charge in [-0.05, 0) is 25.1 Å². The zero-order valence-electron chi connectivity index (χ0n) is 11.5. The van der Waals surface area contributed by atoms with Crippen LogP contribution in [0.1, 0.15) is 11.1 Å². The van der Waals surface area contributed by atoms with Crippen LogP contribution in [0.25, 0.3) is 0 Å². The molecule has 0 unspecified atom stereocenters. The number of amidine groups is 1. The van der Waals surface area contributed by atoms with Crippen molar-refractivity contribution in [2.75, 3.05) is 5.75 Å². The van der Waals surface area contributed by atoms with Crippen LogP contribution in [0.3, 0.4) is 0 Å². The van der Waals surface area contributed by atoms with Crippen molar-refractivity contribution in [1.29, 1.82) is 0 Å². The lowest BCUT2D eigenvalue weighted by Crippen LogP contribution is -2.25. The quantitative estimate of drug-likeness (QED) is 0.914. The zero-order chi connectivity index (χ0) is 14.7. The molecule has 0 amide bonds. The highest BCUT2D eigenvalue weighted by molar-refractivity contribution is 8.14. The molecule has 5 heteroatoms. The molecule has 3 nitrogen and oxygen atoms in total. The number of hydrogen-bond acceptors (Lipinski definition) is 3. The summed E-state index contributed by atoms with van der Waals surface area (Å²) in [6, 6.07) is 14.6. The molecule has 0 aliphatic carbocycles. The van der Waals surface area contributed by atoms with Crippen molar-refractivity contribution in [1.82, 2.24) is 5.43 Å². The van der Waals surface area contributed by atoms with Gasteiger partial charge in [-0.15, -0.1) is 0 Å². The molecule has 0 radical (unpaired) electrons. The van der Waals surface area contributed by atoms with Crippen molar-refractivity contribution >= 4 is 28.3 Å². The third-order valence-corrected chi connectivity index (χ3v) is 3.96. The highest BCUT2D eigenvalue weighted by Crippen LogP contribution is 2.19. The molecule has 0 aromatic heterocycles. The van der Waals surface area contributed by atoms with Crippen LogP contribution in [0.15, 0.2) is 58.6 Å². The molecule has 0 saturated carbocycles. The van der Waals surface area contributed by atoms with Crippen molar-refractivity contribution in [3.63, 3.8) is 0 Å². The van der Waals surface area contributed by atoms with Gasteiger partial charge in [0, 0.05) is 11.3 Å². The molecule has 21 heavy (non-hydrogen) atoms. The maximum absolute atomic E-state index is 13.7. The van der Waals surface area contributed by atoms with Gasteiger partial charge in [-0.1, -0.05) is 47.7 Å². The standard InChI is InChI=1S/C16H14FN3S/c1-11-6-8-12(9-7-11)18-16-20-19-15(10-21-16)13-4-2-3-5-14(13)17/h2-9H,10H2,1H3,(H,18,20). The fraction of sp³-hybridized carbons (Fsp3) is 0.125. The van der Waals surface area contributed by atoms with Crippen LogP contribution in [0.2, 0.25) is 0 Å². The minimum absolute atomic E-state index is 0.252. The van der Waals surface area contributed by atoms with Gasteiger partial charge in [0.1, 0.15) is 5.82 Å². The predicted molar refractivity (Wildman–Crippen MR) is 86.8 cm³/mol. The Morgan fingerprint density at radius 3 is 2.57 bits per heavy atom. The highest BCUT2D eigenvalue weighted by Gasteiger charge is 2.15. The molecule has 106 valence electrons. The predicted octanol–water partition coefficient (Wildman–Crippen LogP) is 3.86. The van der Waals surface area contributed by atoms with E-state index in [0.717, 1.165) is 10.9 Å². The second kappa shape index (κ2) is 6.10. The van der Waals surface area contributed by atoms with E-state index >= 15 is 0 Å². The average Bonchev–Trinajstić information content (AvgIpc) is 2.51. The summed E-state index contributed by atoms with van der Waals surface area (Å²) in [5.74, 6) is 0.344. The number of aryl methyl sites for hydroxylation is 1. The summed E-state index contributed by atoms with van der Waals surface area (Å²) in [6.07, 6.45) is 0. The number of rotatable bonds is 2. The molecule has 1 aliphatic rings. The first kappa shape index (κ1) is 13.8. The van der Waals surface area contributed by atoms with Crippen molar-refractivity contribution in [3.05, 3.63) is 65.5 Å². The smallest absolute Gasteiger partial charge is 0.182 e. The van der Waals surface area contributed by atoms with E-state index in [1.54, 1.807) is 12.1 Å². The Morgan fingerprint density at radius 2 is 1.90 bits per heavy atom. The van der Waals surface area contributed by atoms with Crippen LogP contribution >= 0.6 is 11.8 Å². The molecule has 3 rings (SSSR count). The van der Waals surface area contributed by atoms with Gasteiger partial charge < -0.3 is 0 Å². The summed E-state index contributed by atoms with van der Waals surface area (Å²) in [5, 5.41) is 4.95. The van der Waals surface area contributed by atoms with Gasteiger partial charge in [0.05, 0.1) is 11.4 Å². The summed E-state index contributed by atoms with van der Waals surface area (Å²) in [7, 11) is 0. The Labute approximate surface area is 127 Å². The van der Waals surface area contributed by atoms with E-state index < -0.39 is 0 Å². The lowest BCUT2D eigenvalue weighted by Gasteiger charge is -2.15. The first-order valence-corrected chi connectivity index (χ1v) is 7.56. The molecule has 0 bridgehead atoms. The van der Waals surface area contributed by atoms with Gasteiger partial charge >= 0.3 is 0 Å². The molecule has 0 atom stereocenters. The zero-order valence-corrected chi connectivity index (χ0v) is 12.3. The summed E-state index contributed by atoms with van der Waals surface area (Å²) < 4.78 is 13.7. The lowest BCUT2D eigenvalue weighted by molar-refractivity contribution is 0.625. The lowest BCUT2D eigenvalue weighted by atomic mass is 10.1. The van der Waals surface area contributed by atoms with E-state index in [1.807, 2.05) is 37.3 Å². The molecule has 0 spiro atoms. The molecule has 0 fully saturated rings. The van der Waals surface area contributed by atoms with Crippen molar-refractivity contribution in [3.8, 4) is 0 Å². The topological polar surface area (TPSA) is 36.8 Å². The van der Waals surface area contributed by atoms with E-state index in [-0.39, 0.29) is 5.82 Å². The van der Waals surface area contributed by atoms with Gasteiger partial charge in [0.2, 0.25) is 0 Å². The summed E-state index contributed by atoms with van der Waals surface area (Å²) in [4.78, 5) is 4.48. The van der Waals surface area contributed by atoms with Crippen LogP contribution < -0.4 is 5.43 Å². The number of aliphatic imine (C=N–C) groups is 1. The number of benzene rings is 2. The molecule has 2 aromatic carbocycles. The van der Waals surface area contributed by atoms with E-state index in [0.29, 0.717) is 17.0 Å². The van der Waals surface area contributed by atoms with E-state index in [1.165, 1.54) is 23.4 Å². The molecule has 0 saturated heterocycles. The SMILES string of the molecule is Cc1ccc(N=C2NN=C(c3ccccc3F)CS2)cc1. The number of hydrogen-bond donors (Lipinski definition) is 1. The maximum Gasteiger partial charge on any atom is 0.182 e. The van der Waals surface area contributed by atoms with Gasteiger partial charge in [-0.3, -0.25) is 5.43 Å². The van der Waals surface area contributed by atoms with E-state index in [2.05, 4.69) is 15.5 Å². The molecular formula is C16H14FN3S. The Balaban J connectivity index is 1.77. The Morgan fingerprint density at radius 1 is 1.14 bits per heavy atom. The molecule has 1 N–H and O–H groups in total.